The van der Waals surface area contributed by atoms with Gasteiger partial charge < -0.3 is 10.6 Å². The van der Waals surface area contributed by atoms with Crippen molar-refractivity contribution < 1.29 is 32.3 Å². The van der Waals surface area contributed by atoms with Gasteiger partial charge in [0.2, 0.25) is 11.8 Å². The Kier molecular flexibility index (Phi) is 8.65. The SMILES string of the molecule is O=C1CCC(N2C(=O)C=C(Nc3cccc(C(NCCc4ccc(C(F)(F)F)c(Cl)c4)c4ccccc4)c3)C2=O)C(=O)N1. The number of piperidine rings is 1. The van der Waals surface area contributed by atoms with E-state index in [0.29, 0.717) is 24.2 Å². The maximum absolute atomic E-state index is 13.1. The highest BCUT2D eigenvalue weighted by atomic mass is 35.5. The molecular weight excluding hydrogens is 585 g/mol. The van der Waals surface area contributed by atoms with Gasteiger partial charge in [-0.25, -0.2) is 0 Å². The van der Waals surface area contributed by atoms with Crippen molar-refractivity contribution in [3.05, 3.63) is 112 Å². The second-order valence-electron chi connectivity index (χ2n) is 10.1. The van der Waals surface area contributed by atoms with Crippen LogP contribution in [0.3, 0.4) is 0 Å². The van der Waals surface area contributed by atoms with E-state index in [9.17, 15) is 32.3 Å². The van der Waals surface area contributed by atoms with E-state index in [1.165, 1.54) is 12.1 Å². The molecule has 1 fully saturated rings. The van der Waals surface area contributed by atoms with Crippen LogP contribution in [0.5, 0.6) is 0 Å². The molecule has 3 N–H and O–H groups in total. The summed E-state index contributed by atoms with van der Waals surface area (Å²) in [7, 11) is 0. The van der Waals surface area contributed by atoms with Crippen LogP contribution in [0.2, 0.25) is 5.02 Å². The summed E-state index contributed by atoms with van der Waals surface area (Å²) in [6, 6.07) is 19.1. The maximum atomic E-state index is 13.1. The van der Waals surface area contributed by atoms with Gasteiger partial charge in [0.05, 0.1) is 16.6 Å². The Morgan fingerprint density at radius 3 is 2.40 bits per heavy atom. The Morgan fingerprint density at radius 1 is 0.953 bits per heavy atom. The minimum atomic E-state index is -4.53. The van der Waals surface area contributed by atoms with E-state index < -0.39 is 41.4 Å². The predicted octanol–water partition coefficient (Wildman–Crippen LogP) is 4.75. The fraction of sp³-hybridized carbons (Fsp3) is 0.226. The molecule has 0 spiro atoms. The first-order valence-corrected chi connectivity index (χ1v) is 13.8. The van der Waals surface area contributed by atoms with Gasteiger partial charge >= 0.3 is 6.18 Å². The summed E-state index contributed by atoms with van der Waals surface area (Å²) in [6.45, 7) is 0.415. The zero-order valence-electron chi connectivity index (χ0n) is 22.6. The number of hydrogen-bond donors (Lipinski definition) is 3. The molecule has 0 bridgehead atoms. The highest BCUT2D eigenvalue weighted by Gasteiger charge is 2.42. The number of alkyl halides is 3. The molecule has 2 unspecified atom stereocenters. The minimum Gasteiger partial charge on any atom is -0.351 e. The Labute approximate surface area is 249 Å². The first-order chi connectivity index (χ1) is 20.5. The molecular formula is C31H26ClF3N4O4. The molecule has 4 amide bonds. The van der Waals surface area contributed by atoms with Gasteiger partial charge in [-0.2, -0.15) is 13.2 Å². The molecule has 2 aliphatic rings. The van der Waals surface area contributed by atoms with Gasteiger partial charge in [0.25, 0.3) is 11.8 Å². The molecule has 3 aromatic carbocycles. The lowest BCUT2D eigenvalue weighted by atomic mass is 9.97. The third kappa shape index (κ3) is 6.79. The fourth-order valence-electron chi connectivity index (χ4n) is 5.13. The van der Waals surface area contributed by atoms with Gasteiger partial charge in [0.15, 0.2) is 0 Å². The van der Waals surface area contributed by atoms with Gasteiger partial charge in [-0.05, 0) is 53.8 Å². The fourth-order valence-corrected chi connectivity index (χ4v) is 5.44. The average molecular weight is 611 g/mol. The summed E-state index contributed by atoms with van der Waals surface area (Å²) in [6.07, 6.45) is -2.90. The number of hydrogen-bond acceptors (Lipinski definition) is 6. The van der Waals surface area contributed by atoms with Crippen LogP contribution in [-0.4, -0.2) is 41.1 Å². The Bertz CT molecular complexity index is 1610. The predicted molar refractivity (Wildman–Crippen MR) is 153 cm³/mol. The van der Waals surface area contributed by atoms with E-state index in [-0.39, 0.29) is 29.6 Å². The Hall–Kier alpha value is -4.48. The van der Waals surface area contributed by atoms with Crippen molar-refractivity contribution in [1.82, 2.24) is 15.5 Å². The van der Waals surface area contributed by atoms with E-state index in [2.05, 4.69) is 16.0 Å². The number of benzene rings is 3. The quantitative estimate of drug-likeness (QED) is 0.302. The largest absolute Gasteiger partial charge is 0.417 e. The second-order valence-corrected chi connectivity index (χ2v) is 10.6. The van der Waals surface area contributed by atoms with E-state index in [1.54, 1.807) is 12.1 Å². The molecule has 1 saturated heterocycles. The molecule has 222 valence electrons. The van der Waals surface area contributed by atoms with E-state index in [1.807, 2.05) is 42.5 Å². The molecule has 2 heterocycles. The number of carbonyl (C=O) groups is 4. The summed E-state index contributed by atoms with van der Waals surface area (Å²) in [4.78, 5) is 50.4. The van der Waals surface area contributed by atoms with Crippen LogP contribution in [0.1, 0.15) is 41.1 Å². The summed E-state index contributed by atoms with van der Waals surface area (Å²) in [5.74, 6) is -2.46. The zero-order chi connectivity index (χ0) is 30.7. The smallest absolute Gasteiger partial charge is 0.351 e. The third-order valence-electron chi connectivity index (χ3n) is 7.21. The highest BCUT2D eigenvalue weighted by molar-refractivity contribution is 6.31. The molecule has 12 heteroatoms. The third-order valence-corrected chi connectivity index (χ3v) is 7.52. The van der Waals surface area contributed by atoms with Gasteiger partial charge in [0, 0.05) is 24.7 Å². The average Bonchev–Trinajstić information content (AvgIpc) is 3.23. The molecule has 5 rings (SSSR count). The standard InChI is InChI=1S/C31H26ClF3N4O4/c32-23-15-18(9-10-22(23)31(33,34)35)13-14-36-28(19-5-2-1-3-6-19)20-7-4-8-21(16-20)37-24-17-27(41)39(30(24)43)25-11-12-26(40)38-29(25)42/h1-10,15-17,25,28,36-37H,11-14H2,(H,38,40,42). The van der Waals surface area contributed by atoms with Crippen molar-refractivity contribution in [3.63, 3.8) is 0 Å². The first kappa shape index (κ1) is 30.0. The molecule has 0 aromatic heterocycles. The van der Waals surface area contributed by atoms with Gasteiger partial charge in [-0.15, -0.1) is 0 Å². The van der Waals surface area contributed by atoms with Crippen molar-refractivity contribution in [1.29, 1.82) is 0 Å². The van der Waals surface area contributed by atoms with Crippen molar-refractivity contribution in [2.45, 2.75) is 37.5 Å². The van der Waals surface area contributed by atoms with Crippen molar-refractivity contribution in [3.8, 4) is 0 Å². The number of amides is 4. The van der Waals surface area contributed by atoms with Crippen LogP contribution < -0.4 is 16.0 Å². The summed E-state index contributed by atoms with van der Waals surface area (Å²) < 4.78 is 39.2. The summed E-state index contributed by atoms with van der Waals surface area (Å²) >= 11 is 5.89. The summed E-state index contributed by atoms with van der Waals surface area (Å²) in [5.41, 5.74) is 2.03. The zero-order valence-corrected chi connectivity index (χ0v) is 23.3. The van der Waals surface area contributed by atoms with Crippen LogP contribution in [0, 0.1) is 0 Å². The Balaban J connectivity index is 1.30. The molecule has 3 aromatic rings. The topological polar surface area (TPSA) is 108 Å². The monoisotopic (exact) mass is 610 g/mol. The molecule has 0 radical (unpaired) electrons. The number of halogens is 4. The van der Waals surface area contributed by atoms with E-state index in [0.717, 1.165) is 28.2 Å². The van der Waals surface area contributed by atoms with Gasteiger partial charge in [-0.1, -0.05) is 60.1 Å². The highest BCUT2D eigenvalue weighted by Crippen LogP contribution is 2.35. The molecule has 0 saturated carbocycles. The number of rotatable bonds is 9. The molecule has 2 atom stereocenters. The maximum Gasteiger partial charge on any atom is 0.417 e. The van der Waals surface area contributed by atoms with Crippen molar-refractivity contribution in [2.75, 3.05) is 11.9 Å². The van der Waals surface area contributed by atoms with Crippen LogP contribution >= 0.6 is 11.6 Å². The lowest BCUT2D eigenvalue weighted by Crippen LogP contribution is -2.54. The summed E-state index contributed by atoms with van der Waals surface area (Å²) in [5, 5.41) is 8.24. The lowest BCUT2D eigenvalue weighted by molar-refractivity contribution is -0.149. The minimum absolute atomic E-state index is 0.00440. The van der Waals surface area contributed by atoms with Gasteiger partial charge in [0.1, 0.15) is 11.7 Å². The second kappa shape index (κ2) is 12.4. The lowest BCUT2D eigenvalue weighted by Gasteiger charge is -2.28. The van der Waals surface area contributed by atoms with Crippen LogP contribution in [0.15, 0.2) is 84.6 Å². The molecule has 43 heavy (non-hydrogen) atoms. The van der Waals surface area contributed by atoms with Gasteiger partial charge in [-0.3, -0.25) is 29.4 Å². The van der Waals surface area contributed by atoms with E-state index >= 15 is 0 Å². The Morgan fingerprint density at radius 2 is 1.70 bits per heavy atom. The van der Waals surface area contributed by atoms with Crippen molar-refractivity contribution >= 4 is 40.9 Å². The van der Waals surface area contributed by atoms with Crippen LogP contribution in [-0.2, 0) is 31.8 Å². The number of nitrogens with one attached hydrogen (secondary N) is 3. The molecule has 8 nitrogen and oxygen atoms in total. The molecule has 0 aliphatic carbocycles. The van der Waals surface area contributed by atoms with Crippen molar-refractivity contribution in [2.24, 2.45) is 0 Å². The molecule has 2 aliphatic heterocycles. The number of imide groups is 2. The van der Waals surface area contributed by atoms with Crippen LogP contribution in [0.25, 0.3) is 0 Å². The normalized spacial score (nSPS) is 18.0. The van der Waals surface area contributed by atoms with E-state index in [4.69, 9.17) is 11.6 Å². The van der Waals surface area contributed by atoms with Crippen LogP contribution in [0.4, 0.5) is 18.9 Å². The number of carbonyl (C=O) groups excluding carboxylic acids is 4. The number of nitrogens with zero attached hydrogens (tertiary/aromatic N) is 1. The first-order valence-electron chi connectivity index (χ1n) is 13.4. The number of anilines is 1.